The highest BCUT2D eigenvalue weighted by atomic mass is 16.3. The first kappa shape index (κ1) is 30.5. The maximum atomic E-state index is 7.38. The van der Waals surface area contributed by atoms with E-state index in [0.29, 0.717) is 5.69 Å². The van der Waals surface area contributed by atoms with E-state index in [1.807, 2.05) is 42.5 Å². The average molecular weight is 678 g/mol. The van der Waals surface area contributed by atoms with Gasteiger partial charge < -0.3 is 13.9 Å². The van der Waals surface area contributed by atoms with E-state index in [1.54, 1.807) is 0 Å². The summed E-state index contributed by atoms with van der Waals surface area (Å²) in [5, 5.41) is 4.58. The van der Waals surface area contributed by atoms with Gasteiger partial charge in [0.25, 0.3) is 0 Å². The zero-order valence-corrected chi connectivity index (χ0v) is 28.6. The molecule has 248 valence electrons. The Morgan fingerprint density at radius 1 is 0.453 bits per heavy atom. The Kier molecular flexibility index (Phi) is 7.16. The molecule has 53 heavy (non-hydrogen) atoms. The molecule has 0 aliphatic heterocycles. The van der Waals surface area contributed by atoms with E-state index >= 15 is 0 Å². The summed E-state index contributed by atoms with van der Waals surface area (Å²) < 4.78 is 8.84. The maximum absolute atomic E-state index is 7.38. The van der Waals surface area contributed by atoms with Gasteiger partial charge in [0.1, 0.15) is 5.58 Å². The fourth-order valence-electron chi connectivity index (χ4n) is 7.68. The minimum Gasteiger partial charge on any atom is -0.454 e. The van der Waals surface area contributed by atoms with Crippen LogP contribution in [0.5, 0.6) is 0 Å². The number of furan rings is 1. The number of rotatable bonds is 6. The summed E-state index contributed by atoms with van der Waals surface area (Å²) in [5.74, 6) is 0. The lowest BCUT2D eigenvalue weighted by Crippen LogP contribution is -2.10. The molecule has 10 rings (SSSR count). The summed E-state index contributed by atoms with van der Waals surface area (Å²) in [6.07, 6.45) is 0. The van der Waals surface area contributed by atoms with Gasteiger partial charge in [-0.1, -0.05) is 121 Å². The standard InChI is InChI=1S/C49H31N3O/c1-50-37-23-29-40(30-24-37)52-45-15-7-5-12-41(45)44-32-36(22-31-46(44)52)35-20-27-39(28-21-35)51(38-25-18-34(19-26-38)33-10-3-2-4-11-33)47-16-9-14-43-42-13-6-8-17-48(42)53-49(43)47/h2-32H. The van der Waals surface area contributed by atoms with Gasteiger partial charge in [0, 0.05) is 38.6 Å². The first-order valence-corrected chi connectivity index (χ1v) is 17.7. The van der Waals surface area contributed by atoms with E-state index in [4.69, 9.17) is 11.0 Å². The summed E-state index contributed by atoms with van der Waals surface area (Å²) in [6, 6.07) is 65.8. The molecular weight excluding hydrogens is 647 g/mol. The summed E-state index contributed by atoms with van der Waals surface area (Å²) in [4.78, 5) is 5.88. The zero-order valence-electron chi connectivity index (χ0n) is 28.6. The lowest BCUT2D eigenvalue weighted by Gasteiger charge is -2.26. The second-order valence-corrected chi connectivity index (χ2v) is 13.3. The molecule has 0 bridgehead atoms. The minimum atomic E-state index is 0.636. The molecular formula is C49H31N3O. The lowest BCUT2D eigenvalue weighted by atomic mass is 10.0. The molecule has 0 unspecified atom stereocenters. The van der Waals surface area contributed by atoms with Gasteiger partial charge in [-0.15, -0.1) is 0 Å². The number of benzene rings is 8. The second kappa shape index (κ2) is 12.5. The topological polar surface area (TPSA) is 25.7 Å². The molecule has 4 nitrogen and oxygen atoms in total. The molecule has 0 radical (unpaired) electrons. The molecule has 2 heterocycles. The van der Waals surface area contributed by atoms with Crippen molar-refractivity contribution in [2.75, 3.05) is 4.90 Å². The Hall–Kier alpha value is -7.35. The Morgan fingerprint density at radius 3 is 1.77 bits per heavy atom. The third kappa shape index (κ3) is 5.14. The normalized spacial score (nSPS) is 11.4. The molecule has 0 N–H and O–H groups in total. The van der Waals surface area contributed by atoms with Gasteiger partial charge in [0.05, 0.1) is 23.3 Å². The van der Waals surface area contributed by atoms with Gasteiger partial charge in [0.2, 0.25) is 0 Å². The fraction of sp³-hybridized carbons (Fsp3) is 0. The number of anilines is 3. The Morgan fingerprint density at radius 2 is 1.04 bits per heavy atom. The number of fused-ring (bicyclic) bond motifs is 6. The van der Waals surface area contributed by atoms with Gasteiger partial charge >= 0.3 is 0 Å². The third-order valence-electron chi connectivity index (χ3n) is 10.2. The SMILES string of the molecule is [C-]#[N+]c1ccc(-n2c3ccccc3c3cc(-c4ccc(N(c5ccc(-c6ccccc6)cc5)c5cccc6c5oc5ccccc56)cc4)ccc32)cc1. The van der Waals surface area contributed by atoms with Crippen LogP contribution in [0.2, 0.25) is 0 Å². The van der Waals surface area contributed by atoms with Crippen LogP contribution < -0.4 is 4.90 Å². The quantitative estimate of drug-likeness (QED) is 0.164. The van der Waals surface area contributed by atoms with Crippen molar-refractivity contribution in [2.45, 2.75) is 0 Å². The van der Waals surface area contributed by atoms with Gasteiger partial charge in [-0.2, -0.15) is 0 Å². The minimum absolute atomic E-state index is 0.636. The van der Waals surface area contributed by atoms with Crippen LogP contribution in [-0.4, -0.2) is 4.57 Å². The molecule has 0 fully saturated rings. The lowest BCUT2D eigenvalue weighted by molar-refractivity contribution is 0.669. The monoisotopic (exact) mass is 677 g/mol. The Balaban J connectivity index is 1.08. The predicted molar refractivity (Wildman–Crippen MR) is 220 cm³/mol. The van der Waals surface area contributed by atoms with Crippen molar-refractivity contribution < 1.29 is 4.42 Å². The van der Waals surface area contributed by atoms with Crippen molar-refractivity contribution in [2.24, 2.45) is 0 Å². The number of nitrogens with zero attached hydrogens (tertiary/aromatic N) is 3. The van der Waals surface area contributed by atoms with Crippen LogP contribution in [0.15, 0.2) is 192 Å². The maximum Gasteiger partial charge on any atom is 0.187 e. The highest BCUT2D eigenvalue weighted by Gasteiger charge is 2.20. The highest BCUT2D eigenvalue weighted by molar-refractivity contribution is 6.11. The van der Waals surface area contributed by atoms with Gasteiger partial charge in [-0.05, 0) is 89.0 Å². The van der Waals surface area contributed by atoms with Crippen molar-refractivity contribution >= 4 is 66.5 Å². The Labute approximate surface area is 306 Å². The highest BCUT2D eigenvalue weighted by Crippen LogP contribution is 2.43. The second-order valence-electron chi connectivity index (χ2n) is 13.3. The summed E-state index contributed by atoms with van der Waals surface area (Å²) in [5.41, 5.74) is 13.4. The molecule has 0 atom stereocenters. The molecule has 0 saturated heterocycles. The van der Waals surface area contributed by atoms with Crippen molar-refractivity contribution in [3.05, 3.63) is 199 Å². The number of para-hydroxylation sites is 3. The van der Waals surface area contributed by atoms with Crippen LogP contribution in [0, 0.1) is 6.57 Å². The van der Waals surface area contributed by atoms with E-state index in [0.717, 1.165) is 66.8 Å². The van der Waals surface area contributed by atoms with E-state index in [2.05, 4.69) is 160 Å². The Bertz CT molecular complexity index is 2980. The molecule has 0 amide bonds. The van der Waals surface area contributed by atoms with Crippen LogP contribution in [-0.2, 0) is 0 Å². The molecule has 2 aromatic heterocycles. The third-order valence-corrected chi connectivity index (χ3v) is 10.2. The van der Waals surface area contributed by atoms with Crippen molar-refractivity contribution in [1.29, 1.82) is 0 Å². The van der Waals surface area contributed by atoms with Crippen molar-refractivity contribution in [3.63, 3.8) is 0 Å². The van der Waals surface area contributed by atoms with Crippen molar-refractivity contribution in [3.8, 4) is 27.9 Å². The summed E-state index contributed by atoms with van der Waals surface area (Å²) in [6.45, 7) is 7.38. The fourth-order valence-corrected chi connectivity index (χ4v) is 7.68. The zero-order chi connectivity index (χ0) is 35.3. The number of hydrogen-bond acceptors (Lipinski definition) is 2. The molecule has 8 aromatic carbocycles. The van der Waals surface area contributed by atoms with Crippen LogP contribution in [0.4, 0.5) is 22.7 Å². The first-order valence-electron chi connectivity index (χ1n) is 17.7. The van der Waals surface area contributed by atoms with Crippen molar-refractivity contribution in [1.82, 2.24) is 4.57 Å². The molecule has 0 spiro atoms. The van der Waals surface area contributed by atoms with Gasteiger partial charge in [0.15, 0.2) is 11.3 Å². The largest absolute Gasteiger partial charge is 0.454 e. The molecule has 4 heteroatoms. The van der Waals surface area contributed by atoms with Gasteiger partial charge in [-0.25, -0.2) is 4.85 Å². The smallest absolute Gasteiger partial charge is 0.187 e. The van der Waals surface area contributed by atoms with E-state index < -0.39 is 0 Å². The van der Waals surface area contributed by atoms with Gasteiger partial charge in [-0.3, -0.25) is 0 Å². The molecule has 0 aliphatic rings. The molecule has 0 aliphatic carbocycles. The molecule has 10 aromatic rings. The van der Waals surface area contributed by atoms with Crippen LogP contribution in [0.3, 0.4) is 0 Å². The van der Waals surface area contributed by atoms with Crippen LogP contribution >= 0.6 is 0 Å². The summed E-state index contributed by atoms with van der Waals surface area (Å²) in [7, 11) is 0. The van der Waals surface area contributed by atoms with Crippen LogP contribution in [0.1, 0.15) is 0 Å². The molecule has 0 saturated carbocycles. The summed E-state index contributed by atoms with van der Waals surface area (Å²) >= 11 is 0. The predicted octanol–water partition coefficient (Wildman–Crippen LogP) is 14.0. The number of hydrogen-bond donors (Lipinski definition) is 0. The first-order chi connectivity index (χ1) is 26.2. The van der Waals surface area contributed by atoms with E-state index in [1.165, 1.54) is 21.9 Å². The average Bonchev–Trinajstić information content (AvgIpc) is 3.78. The van der Waals surface area contributed by atoms with E-state index in [-0.39, 0.29) is 0 Å². The number of aromatic nitrogens is 1. The van der Waals surface area contributed by atoms with E-state index in [9.17, 15) is 0 Å². The van der Waals surface area contributed by atoms with Crippen LogP contribution in [0.25, 0.3) is 76.5 Å².